The maximum absolute atomic E-state index is 5.49. The van der Waals surface area contributed by atoms with E-state index in [0.29, 0.717) is 11.6 Å². The van der Waals surface area contributed by atoms with Gasteiger partial charge in [-0.15, -0.1) is 11.3 Å². The Kier molecular flexibility index (Phi) is 3.41. The van der Waals surface area contributed by atoms with Gasteiger partial charge >= 0.3 is 0 Å². The van der Waals surface area contributed by atoms with E-state index in [-0.39, 0.29) is 0 Å². The molecular formula is C14H13N5S. The molecule has 6 heteroatoms. The van der Waals surface area contributed by atoms with E-state index in [9.17, 15) is 0 Å². The summed E-state index contributed by atoms with van der Waals surface area (Å²) < 4.78 is 0. The molecule has 0 saturated heterocycles. The number of nitrogens with two attached hydrogens (primary N) is 1. The number of hydrogen-bond donors (Lipinski definition) is 2. The maximum atomic E-state index is 5.49. The van der Waals surface area contributed by atoms with Gasteiger partial charge in [0.05, 0.1) is 10.7 Å². The zero-order valence-corrected chi connectivity index (χ0v) is 11.7. The first-order valence-corrected chi connectivity index (χ1v) is 6.98. The molecule has 100 valence electrons. The molecule has 0 spiro atoms. The van der Waals surface area contributed by atoms with Crippen LogP contribution in [0.15, 0.2) is 41.8 Å². The molecule has 0 radical (unpaired) electrons. The van der Waals surface area contributed by atoms with Crippen LogP contribution in [0.4, 0.5) is 5.82 Å². The van der Waals surface area contributed by atoms with Crippen LogP contribution in [-0.2, 0) is 0 Å². The largest absolute Gasteiger partial charge is 0.308 e. The van der Waals surface area contributed by atoms with E-state index >= 15 is 0 Å². The van der Waals surface area contributed by atoms with Crippen LogP contribution in [0.2, 0.25) is 0 Å². The number of rotatable bonds is 3. The van der Waals surface area contributed by atoms with E-state index in [1.165, 1.54) is 0 Å². The van der Waals surface area contributed by atoms with Crippen molar-refractivity contribution in [2.75, 3.05) is 5.43 Å². The number of nitrogen functional groups attached to an aromatic ring is 1. The second-order valence-corrected chi connectivity index (χ2v) is 5.29. The highest BCUT2D eigenvalue weighted by Gasteiger charge is 2.10. The Balaban J connectivity index is 2.12. The van der Waals surface area contributed by atoms with Gasteiger partial charge in [-0.3, -0.25) is 0 Å². The summed E-state index contributed by atoms with van der Waals surface area (Å²) >= 11 is 1.57. The van der Waals surface area contributed by atoms with Crippen molar-refractivity contribution in [2.24, 2.45) is 5.84 Å². The SMILES string of the molecule is Cc1nc(-c2nc(NN)cc(-c3ccccc3)n2)cs1. The molecule has 0 aliphatic rings. The monoisotopic (exact) mass is 283 g/mol. The van der Waals surface area contributed by atoms with Gasteiger partial charge in [-0.1, -0.05) is 30.3 Å². The number of benzene rings is 1. The quantitative estimate of drug-likeness (QED) is 0.571. The first-order chi connectivity index (χ1) is 9.76. The summed E-state index contributed by atoms with van der Waals surface area (Å²) in [5.41, 5.74) is 5.17. The molecule has 1 aromatic carbocycles. The predicted molar refractivity (Wildman–Crippen MR) is 81.1 cm³/mol. The fraction of sp³-hybridized carbons (Fsp3) is 0.0714. The molecule has 3 rings (SSSR count). The van der Waals surface area contributed by atoms with E-state index in [0.717, 1.165) is 22.0 Å². The molecule has 2 aromatic heterocycles. The zero-order valence-electron chi connectivity index (χ0n) is 10.9. The van der Waals surface area contributed by atoms with Gasteiger partial charge in [0.15, 0.2) is 5.82 Å². The highest BCUT2D eigenvalue weighted by molar-refractivity contribution is 7.09. The lowest BCUT2D eigenvalue weighted by molar-refractivity contribution is 1.12. The summed E-state index contributed by atoms with van der Waals surface area (Å²) in [4.78, 5) is 13.3. The molecule has 2 heterocycles. The first-order valence-electron chi connectivity index (χ1n) is 6.10. The average Bonchev–Trinajstić information content (AvgIpc) is 2.94. The molecule has 0 bridgehead atoms. The fourth-order valence-corrected chi connectivity index (χ4v) is 2.45. The van der Waals surface area contributed by atoms with Crippen molar-refractivity contribution >= 4 is 17.2 Å². The van der Waals surface area contributed by atoms with E-state index in [1.54, 1.807) is 11.3 Å². The minimum atomic E-state index is 0.569. The zero-order chi connectivity index (χ0) is 13.9. The Morgan fingerprint density at radius 2 is 1.85 bits per heavy atom. The van der Waals surface area contributed by atoms with Crippen LogP contribution in [0.3, 0.4) is 0 Å². The van der Waals surface area contributed by atoms with E-state index in [2.05, 4.69) is 20.4 Å². The molecule has 0 saturated carbocycles. The lowest BCUT2D eigenvalue weighted by Crippen LogP contribution is -2.10. The Hall–Kier alpha value is -2.31. The molecule has 3 aromatic rings. The maximum Gasteiger partial charge on any atom is 0.181 e. The van der Waals surface area contributed by atoms with Crippen molar-refractivity contribution in [1.29, 1.82) is 0 Å². The van der Waals surface area contributed by atoms with Crippen molar-refractivity contribution < 1.29 is 0 Å². The van der Waals surface area contributed by atoms with Crippen LogP contribution in [0.1, 0.15) is 5.01 Å². The summed E-state index contributed by atoms with van der Waals surface area (Å²) in [6.07, 6.45) is 0. The van der Waals surface area contributed by atoms with Gasteiger partial charge in [0.2, 0.25) is 0 Å². The summed E-state index contributed by atoms with van der Waals surface area (Å²) in [7, 11) is 0. The summed E-state index contributed by atoms with van der Waals surface area (Å²) in [5, 5.41) is 2.93. The van der Waals surface area contributed by atoms with Crippen molar-refractivity contribution in [3.8, 4) is 22.8 Å². The second-order valence-electron chi connectivity index (χ2n) is 4.22. The third kappa shape index (κ3) is 2.52. The Morgan fingerprint density at radius 3 is 2.50 bits per heavy atom. The van der Waals surface area contributed by atoms with Gasteiger partial charge < -0.3 is 5.43 Å². The third-order valence-corrected chi connectivity index (χ3v) is 3.57. The van der Waals surface area contributed by atoms with Crippen LogP contribution in [0.5, 0.6) is 0 Å². The van der Waals surface area contributed by atoms with Gasteiger partial charge in [0, 0.05) is 17.0 Å². The standard InChI is InChI=1S/C14H13N5S/c1-9-16-12(8-20-9)14-17-11(7-13(18-14)19-15)10-5-3-2-4-6-10/h2-8H,15H2,1H3,(H,17,18,19). The van der Waals surface area contributed by atoms with Gasteiger partial charge in [-0.25, -0.2) is 20.8 Å². The number of nitrogens with one attached hydrogen (secondary N) is 1. The molecule has 0 unspecified atom stereocenters. The Labute approximate surface area is 120 Å². The number of aromatic nitrogens is 3. The molecular weight excluding hydrogens is 270 g/mol. The summed E-state index contributed by atoms with van der Waals surface area (Å²) in [6, 6.07) is 11.7. The molecule has 0 aliphatic heterocycles. The van der Waals surface area contributed by atoms with E-state index in [1.807, 2.05) is 48.7 Å². The lowest BCUT2D eigenvalue weighted by Gasteiger charge is -2.06. The van der Waals surface area contributed by atoms with Crippen LogP contribution < -0.4 is 11.3 Å². The van der Waals surface area contributed by atoms with Gasteiger partial charge in [0.1, 0.15) is 11.5 Å². The molecule has 0 aliphatic carbocycles. The minimum absolute atomic E-state index is 0.569. The Morgan fingerprint density at radius 1 is 1.05 bits per heavy atom. The van der Waals surface area contributed by atoms with Crippen LogP contribution >= 0.6 is 11.3 Å². The summed E-state index contributed by atoms with van der Waals surface area (Å²) in [6.45, 7) is 1.96. The average molecular weight is 283 g/mol. The van der Waals surface area contributed by atoms with Crippen LogP contribution in [0.25, 0.3) is 22.8 Å². The first kappa shape index (κ1) is 12.7. The normalized spacial score (nSPS) is 10.5. The number of anilines is 1. The lowest BCUT2D eigenvalue weighted by atomic mass is 10.1. The van der Waals surface area contributed by atoms with Crippen molar-refractivity contribution in [3.05, 3.63) is 46.8 Å². The highest BCUT2D eigenvalue weighted by atomic mass is 32.1. The third-order valence-electron chi connectivity index (χ3n) is 2.79. The van der Waals surface area contributed by atoms with Crippen LogP contribution in [0, 0.1) is 6.92 Å². The molecule has 0 amide bonds. The van der Waals surface area contributed by atoms with Crippen molar-refractivity contribution in [1.82, 2.24) is 15.0 Å². The Bertz CT molecular complexity index is 723. The number of hydrogen-bond acceptors (Lipinski definition) is 6. The smallest absolute Gasteiger partial charge is 0.181 e. The fourth-order valence-electron chi connectivity index (χ4n) is 1.86. The topological polar surface area (TPSA) is 76.7 Å². The van der Waals surface area contributed by atoms with Gasteiger partial charge in [0.25, 0.3) is 0 Å². The number of aryl methyl sites for hydroxylation is 1. The van der Waals surface area contributed by atoms with Gasteiger partial charge in [-0.2, -0.15) is 0 Å². The second kappa shape index (κ2) is 5.36. The minimum Gasteiger partial charge on any atom is -0.308 e. The molecule has 20 heavy (non-hydrogen) atoms. The van der Waals surface area contributed by atoms with Gasteiger partial charge in [-0.05, 0) is 6.92 Å². The van der Waals surface area contributed by atoms with E-state index in [4.69, 9.17) is 5.84 Å². The summed E-state index contributed by atoms with van der Waals surface area (Å²) in [5.74, 6) is 6.63. The van der Waals surface area contributed by atoms with E-state index < -0.39 is 0 Å². The van der Waals surface area contributed by atoms with Crippen molar-refractivity contribution in [2.45, 2.75) is 6.92 Å². The molecule has 0 fully saturated rings. The predicted octanol–water partition coefficient (Wildman–Crippen LogP) is 2.86. The van der Waals surface area contributed by atoms with Crippen LogP contribution in [-0.4, -0.2) is 15.0 Å². The number of nitrogens with zero attached hydrogens (tertiary/aromatic N) is 3. The molecule has 3 N–H and O–H groups in total. The molecule has 5 nitrogen and oxygen atoms in total. The number of thiazole rings is 1. The highest BCUT2D eigenvalue weighted by Crippen LogP contribution is 2.24. The van der Waals surface area contributed by atoms with Crippen molar-refractivity contribution in [3.63, 3.8) is 0 Å². The number of hydrazine groups is 1. The molecule has 0 atom stereocenters.